The van der Waals surface area contributed by atoms with Crippen LogP contribution in [-0.4, -0.2) is 33.4 Å². The minimum atomic E-state index is 0.0407. The second-order valence-corrected chi connectivity index (χ2v) is 5.90. The Labute approximate surface area is 139 Å². The number of benzene rings is 1. The van der Waals surface area contributed by atoms with Crippen LogP contribution in [0, 0.1) is 0 Å². The van der Waals surface area contributed by atoms with Crippen molar-refractivity contribution in [1.82, 2.24) is 15.1 Å². The minimum Gasteiger partial charge on any atom is -0.492 e. The number of hydrogen-bond donors (Lipinski definition) is 2. The number of nitrogens with zero attached hydrogens (tertiary/aromatic N) is 2. The Hall–Kier alpha value is -2.57. The number of aromatic nitrogens is 2. The largest absolute Gasteiger partial charge is 0.492 e. The number of ether oxygens (including phenoxy) is 1. The molecular formula is C18H19N3O3. The summed E-state index contributed by atoms with van der Waals surface area (Å²) >= 11 is 0. The summed E-state index contributed by atoms with van der Waals surface area (Å²) in [5.74, 6) is 2.59. The average Bonchev–Trinajstić information content (AvgIpc) is 3.23. The molecule has 0 aliphatic carbocycles. The third-order valence-corrected chi connectivity index (χ3v) is 4.17. The van der Waals surface area contributed by atoms with Gasteiger partial charge in [0.05, 0.1) is 13.2 Å². The summed E-state index contributed by atoms with van der Waals surface area (Å²) in [7, 11) is 0. The fraction of sp³-hybridized carbons (Fsp3) is 0.278. The van der Waals surface area contributed by atoms with Crippen molar-refractivity contribution in [3.8, 4) is 17.2 Å². The van der Waals surface area contributed by atoms with Gasteiger partial charge >= 0.3 is 0 Å². The first-order valence-electron chi connectivity index (χ1n) is 7.98. The Balaban J connectivity index is 1.50. The second-order valence-electron chi connectivity index (χ2n) is 5.90. The predicted molar refractivity (Wildman–Crippen MR) is 88.3 cm³/mol. The fourth-order valence-corrected chi connectivity index (χ4v) is 2.96. The number of fused-ring (bicyclic) bond motifs is 1. The van der Waals surface area contributed by atoms with Crippen LogP contribution in [0.5, 0.6) is 5.75 Å². The zero-order valence-electron chi connectivity index (χ0n) is 13.2. The van der Waals surface area contributed by atoms with E-state index in [1.165, 1.54) is 0 Å². The Kier molecular flexibility index (Phi) is 4.06. The topological polar surface area (TPSA) is 74.5 Å². The summed E-state index contributed by atoms with van der Waals surface area (Å²) in [5, 5.41) is 16.2. The first-order valence-corrected chi connectivity index (χ1v) is 7.98. The van der Waals surface area contributed by atoms with E-state index in [0.29, 0.717) is 13.2 Å². The molecule has 0 unspecified atom stereocenters. The highest BCUT2D eigenvalue weighted by molar-refractivity contribution is 5.51. The SMILES string of the molecule is OCc1ccc2c(c1)CN(Cc1ccc(-c3ccn[nH]3)o1)CCO2. The van der Waals surface area contributed by atoms with E-state index in [4.69, 9.17) is 9.15 Å². The van der Waals surface area contributed by atoms with E-state index >= 15 is 0 Å². The quantitative estimate of drug-likeness (QED) is 0.771. The van der Waals surface area contributed by atoms with Crippen LogP contribution in [0.15, 0.2) is 47.0 Å². The number of nitrogens with one attached hydrogen (secondary N) is 1. The van der Waals surface area contributed by atoms with Crippen LogP contribution in [0.4, 0.5) is 0 Å². The van der Waals surface area contributed by atoms with Crippen molar-refractivity contribution in [2.75, 3.05) is 13.2 Å². The van der Waals surface area contributed by atoms with Crippen LogP contribution >= 0.6 is 0 Å². The van der Waals surface area contributed by atoms with Crippen LogP contribution < -0.4 is 4.74 Å². The zero-order chi connectivity index (χ0) is 16.4. The molecule has 4 rings (SSSR count). The van der Waals surface area contributed by atoms with Crippen molar-refractivity contribution in [3.63, 3.8) is 0 Å². The summed E-state index contributed by atoms with van der Waals surface area (Å²) in [4.78, 5) is 2.28. The highest BCUT2D eigenvalue weighted by atomic mass is 16.5. The summed E-state index contributed by atoms with van der Waals surface area (Å²) in [5.41, 5.74) is 2.87. The lowest BCUT2D eigenvalue weighted by atomic mass is 10.1. The fourth-order valence-electron chi connectivity index (χ4n) is 2.96. The predicted octanol–water partition coefficient (Wildman–Crippen LogP) is 2.56. The van der Waals surface area contributed by atoms with E-state index in [9.17, 15) is 5.11 Å². The lowest BCUT2D eigenvalue weighted by Gasteiger charge is -2.17. The number of aliphatic hydroxyl groups excluding tert-OH is 1. The summed E-state index contributed by atoms with van der Waals surface area (Å²) in [6.45, 7) is 2.98. The van der Waals surface area contributed by atoms with Gasteiger partial charge in [-0.2, -0.15) is 5.10 Å². The van der Waals surface area contributed by atoms with E-state index < -0.39 is 0 Å². The molecule has 0 amide bonds. The normalized spacial score (nSPS) is 14.9. The molecule has 0 bridgehead atoms. The third-order valence-electron chi connectivity index (χ3n) is 4.17. The maximum absolute atomic E-state index is 9.33. The van der Waals surface area contributed by atoms with Gasteiger partial charge in [0.15, 0.2) is 5.76 Å². The number of furan rings is 1. The number of rotatable bonds is 4. The minimum absolute atomic E-state index is 0.0407. The van der Waals surface area contributed by atoms with E-state index in [1.807, 2.05) is 36.4 Å². The highest BCUT2D eigenvalue weighted by Crippen LogP contribution is 2.26. The molecule has 2 N–H and O–H groups in total. The van der Waals surface area contributed by atoms with Crippen molar-refractivity contribution in [1.29, 1.82) is 0 Å². The van der Waals surface area contributed by atoms with E-state index in [2.05, 4.69) is 15.1 Å². The molecule has 24 heavy (non-hydrogen) atoms. The standard InChI is InChI=1S/C18H19N3O3/c22-12-13-1-3-17-14(9-13)10-21(7-8-23-17)11-15-2-4-18(24-15)16-5-6-19-20-16/h1-6,9,22H,7-8,10-12H2,(H,19,20). The molecule has 6 nitrogen and oxygen atoms in total. The zero-order valence-corrected chi connectivity index (χ0v) is 13.2. The van der Waals surface area contributed by atoms with Crippen molar-refractivity contribution < 1.29 is 14.3 Å². The first-order chi connectivity index (χ1) is 11.8. The number of hydrogen-bond acceptors (Lipinski definition) is 5. The van der Waals surface area contributed by atoms with Gasteiger partial charge in [0.25, 0.3) is 0 Å². The Morgan fingerprint density at radius 2 is 2.17 bits per heavy atom. The van der Waals surface area contributed by atoms with E-state index in [-0.39, 0.29) is 6.61 Å². The molecule has 2 aromatic heterocycles. The van der Waals surface area contributed by atoms with Crippen molar-refractivity contribution in [3.05, 3.63) is 59.5 Å². The van der Waals surface area contributed by atoms with Crippen LogP contribution in [0.3, 0.4) is 0 Å². The van der Waals surface area contributed by atoms with Gasteiger partial charge in [0.1, 0.15) is 23.8 Å². The Bertz CT molecular complexity index is 811. The van der Waals surface area contributed by atoms with Gasteiger partial charge in [-0.25, -0.2) is 0 Å². The molecule has 0 spiro atoms. The van der Waals surface area contributed by atoms with Crippen molar-refractivity contribution in [2.24, 2.45) is 0 Å². The highest BCUT2D eigenvalue weighted by Gasteiger charge is 2.17. The van der Waals surface area contributed by atoms with Crippen molar-refractivity contribution in [2.45, 2.75) is 19.7 Å². The molecule has 1 aliphatic heterocycles. The summed E-state index contributed by atoms with van der Waals surface area (Å²) in [6.07, 6.45) is 1.71. The van der Waals surface area contributed by atoms with Crippen LogP contribution in [0.2, 0.25) is 0 Å². The Morgan fingerprint density at radius 1 is 1.21 bits per heavy atom. The van der Waals surface area contributed by atoms with Gasteiger partial charge in [-0.05, 0) is 35.9 Å². The number of aromatic amines is 1. The molecular weight excluding hydrogens is 306 g/mol. The molecule has 3 heterocycles. The lowest BCUT2D eigenvalue weighted by Crippen LogP contribution is -2.25. The smallest absolute Gasteiger partial charge is 0.152 e. The molecule has 0 radical (unpaired) electrons. The van der Waals surface area contributed by atoms with Crippen LogP contribution in [0.25, 0.3) is 11.5 Å². The van der Waals surface area contributed by atoms with Gasteiger partial charge in [0.2, 0.25) is 0 Å². The van der Waals surface area contributed by atoms with E-state index in [0.717, 1.165) is 47.2 Å². The van der Waals surface area contributed by atoms with Crippen LogP contribution in [-0.2, 0) is 19.7 Å². The Morgan fingerprint density at radius 3 is 3.00 bits per heavy atom. The van der Waals surface area contributed by atoms with Crippen LogP contribution in [0.1, 0.15) is 16.9 Å². The molecule has 1 aliphatic rings. The maximum Gasteiger partial charge on any atom is 0.152 e. The van der Waals surface area contributed by atoms with Gasteiger partial charge in [-0.1, -0.05) is 6.07 Å². The molecule has 3 aromatic rings. The second kappa shape index (κ2) is 6.51. The number of H-pyrrole nitrogens is 1. The van der Waals surface area contributed by atoms with Gasteiger partial charge in [0, 0.05) is 24.8 Å². The summed E-state index contributed by atoms with van der Waals surface area (Å²) in [6, 6.07) is 11.7. The first kappa shape index (κ1) is 15.0. The summed E-state index contributed by atoms with van der Waals surface area (Å²) < 4.78 is 11.7. The van der Waals surface area contributed by atoms with E-state index in [1.54, 1.807) is 6.20 Å². The van der Waals surface area contributed by atoms with Gasteiger partial charge in [-0.15, -0.1) is 0 Å². The molecule has 6 heteroatoms. The molecule has 124 valence electrons. The number of aliphatic hydroxyl groups is 1. The lowest BCUT2D eigenvalue weighted by molar-refractivity contribution is 0.207. The monoisotopic (exact) mass is 325 g/mol. The molecule has 0 fully saturated rings. The van der Waals surface area contributed by atoms with Gasteiger partial charge < -0.3 is 14.3 Å². The molecule has 0 saturated heterocycles. The third kappa shape index (κ3) is 3.06. The molecule has 0 saturated carbocycles. The maximum atomic E-state index is 9.33. The molecule has 1 aromatic carbocycles. The molecule has 0 atom stereocenters. The average molecular weight is 325 g/mol. The van der Waals surface area contributed by atoms with Crippen molar-refractivity contribution >= 4 is 0 Å². The van der Waals surface area contributed by atoms with Gasteiger partial charge in [-0.3, -0.25) is 10.00 Å².